The number of hydrogen-bond acceptors (Lipinski definition) is 4. The van der Waals surface area contributed by atoms with Crippen molar-refractivity contribution in [1.29, 1.82) is 0 Å². The van der Waals surface area contributed by atoms with Crippen LogP contribution in [0.2, 0.25) is 5.02 Å². The third-order valence-electron chi connectivity index (χ3n) is 2.08. The summed E-state index contributed by atoms with van der Waals surface area (Å²) in [7, 11) is 0. The van der Waals surface area contributed by atoms with Gasteiger partial charge in [0.2, 0.25) is 11.7 Å². The molecule has 2 aromatic heterocycles. The van der Waals surface area contributed by atoms with Crippen LogP contribution < -0.4 is 0 Å². The Kier molecular flexibility index (Phi) is 2.73. The van der Waals surface area contributed by atoms with Gasteiger partial charge in [0, 0.05) is 0 Å². The number of aryl methyl sites for hydroxylation is 2. The Morgan fingerprint density at radius 1 is 1.56 bits per heavy atom. The fourth-order valence-electron chi connectivity index (χ4n) is 1.27. The topological polar surface area (TPSA) is 63.3 Å². The van der Waals surface area contributed by atoms with E-state index in [1.807, 2.05) is 12.3 Å². The van der Waals surface area contributed by atoms with E-state index in [0.717, 1.165) is 5.56 Å². The molecule has 0 amide bonds. The fraction of sp³-hybridized carbons (Fsp3) is 0.200. The highest BCUT2D eigenvalue weighted by Crippen LogP contribution is 2.36. The number of rotatable bonds is 2. The van der Waals surface area contributed by atoms with Gasteiger partial charge in [-0.15, -0.1) is 11.3 Å². The predicted molar refractivity (Wildman–Crippen MR) is 61.3 cm³/mol. The van der Waals surface area contributed by atoms with Crippen LogP contribution >= 0.6 is 22.9 Å². The Morgan fingerprint density at radius 3 is 2.69 bits per heavy atom. The minimum absolute atomic E-state index is 0.142. The van der Waals surface area contributed by atoms with Gasteiger partial charge in [0.1, 0.15) is 4.88 Å². The third kappa shape index (κ3) is 1.72. The lowest BCUT2D eigenvalue weighted by Crippen LogP contribution is -1.95. The summed E-state index contributed by atoms with van der Waals surface area (Å²) in [4.78, 5) is 15.5. The average molecular weight is 258 g/mol. The van der Waals surface area contributed by atoms with Crippen molar-refractivity contribution in [3.8, 4) is 10.8 Å². The molecule has 0 bridgehead atoms. The summed E-state index contributed by atoms with van der Waals surface area (Å²) in [6.45, 7) is 3.46. The van der Waals surface area contributed by atoms with E-state index in [2.05, 4.69) is 4.98 Å². The van der Waals surface area contributed by atoms with E-state index in [1.54, 1.807) is 6.92 Å². The summed E-state index contributed by atoms with van der Waals surface area (Å²) < 4.78 is 5.17. The standard InChI is InChI=1S/C10H8ClNO3S/c1-4-3-16-8(6(4)11)9-12-5(2)7(15-9)10(13)14/h3H,1-2H3,(H,13,14). The van der Waals surface area contributed by atoms with Crippen molar-refractivity contribution < 1.29 is 14.3 Å². The second-order valence-corrected chi connectivity index (χ2v) is 4.56. The van der Waals surface area contributed by atoms with E-state index in [9.17, 15) is 4.79 Å². The van der Waals surface area contributed by atoms with Crippen LogP contribution in [0, 0.1) is 13.8 Å². The first-order valence-corrected chi connectivity index (χ1v) is 5.71. The zero-order valence-corrected chi connectivity index (χ0v) is 10.1. The molecule has 1 N–H and O–H groups in total. The Bertz CT molecular complexity index is 558. The van der Waals surface area contributed by atoms with E-state index in [4.69, 9.17) is 21.1 Å². The molecule has 84 valence electrons. The van der Waals surface area contributed by atoms with E-state index >= 15 is 0 Å². The molecule has 0 saturated carbocycles. The number of halogens is 1. The van der Waals surface area contributed by atoms with E-state index in [0.29, 0.717) is 15.6 Å². The molecule has 2 heterocycles. The zero-order valence-electron chi connectivity index (χ0n) is 8.57. The normalized spacial score (nSPS) is 10.7. The van der Waals surface area contributed by atoms with E-state index in [-0.39, 0.29) is 11.7 Å². The zero-order chi connectivity index (χ0) is 11.9. The second-order valence-electron chi connectivity index (χ2n) is 3.30. The lowest BCUT2D eigenvalue weighted by atomic mass is 10.3. The third-order valence-corrected chi connectivity index (χ3v) is 3.77. The lowest BCUT2D eigenvalue weighted by Gasteiger charge is -1.91. The van der Waals surface area contributed by atoms with Crippen molar-refractivity contribution in [3.63, 3.8) is 0 Å². The number of carboxylic acids is 1. The molecule has 0 unspecified atom stereocenters. The van der Waals surface area contributed by atoms with Crippen molar-refractivity contribution in [3.05, 3.63) is 27.4 Å². The van der Waals surface area contributed by atoms with Crippen molar-refractivity contribution in [2.45, 2.75) is 13.8 Å². The summed E-state index contributed by atoms with van der Waals surface area (Å²) in [6, 6.07) is 0. The Labute approximate surface area is 100 Å². The van der Waals surface area contributed by atoms with E-state index < -0.39 is 5.97 Å². The van der Waals surface area contributed by atoms with Crippen LogP contribution in [0.1, 0.15) is 21.8 Å². The van der Waals surface area contributed by atoms with Crippen LogP contribution in [0.4, 0.5) is 0 Å². The number of hydrogen-bond donors (Lipinski definition) is 1. The fourth-order valence-corrected chi connectivity index (χ4v) is 2.46. The monoisotopic (exact) mass is 257 g/mol. The average Bonchev–Trinajstić information content (AvgIpc) is 2.73. The van der Waals surface area contributed by atoms with Gasteiger partial charge in [-0.25, -0.2) is 9.78 Å². The highest BCUT2D eigenvalue weighted by molar-refractivity contribution is 7.14. The highest BCUT2D eigenvalue weighted by Gasteiger charge is 2.20. The number of carboxylic acid groups (broad SMARTS) is 1. The molecule has 0 aliphatic rings. The summed E-state index contributed by atoms with van der Waals surface area (Å²) in [5.41, 5.74) is 1.28. The van der Waals surface area contributed by atoms with Gasteiger partial charge in [-0.1, -0.05) is 11.6 Å². The van der Waals surface area contributed by atoms with Crippen LogP contribution in [-0.2, 0) is 0 Å². The Hall–Kier alpha value is -1.33. The van der Waals surface area contributed by atoms with Crippen molar-refractivity contribution >= 4 is 28.9 Å². The number of nitrogens with zero attached hydrogens (tertiary/aromatic N) is 1. The molecule has 0 aliphatic heterocycles. The summed E-state index contributed by atoms with van der Waals surface area (Å²) in [5.74, 6) is -1.00. The second kappa shape index (κ2) is 3.92. The summed E-state index contributed by atoms with van der Waals surface area (Å²) in [5, 5.41) is 11.3. The maximum absolute atomic E-state index is 10.8. The molecule has 16 heavy (non-hydrogen) atoms. The molecule has 2 aromatic rings. The van der Waals surface area contributed by atoms with Crippen LogP contribution in [-0.4, -0.2) is 16.1 Å². The van der Waals surface area contributed by atoms with Gasteiger partial charge >= 0.3 is 5.97 Å². The highest BCUT2D eigenvalue weighted by atomic mass is 35.5. The van der Waals surface area contributed by atoms with E-state index in [1.165, 1.54) is 11.3 Å². The Balaban J connectivity index is 2.53. The van der Waals surface area contributed by atoms with Gasteiger partial charge in [-0.2, -0.15) is 0 Å². The molecule has 0 atom stereocenters. The van der Waals surface area contributed by atoms with Crippen LogP contribution in [0.15, 0.2) is 9.80 Å². The van der Waals surface area contributed by atoms with Gasteiger partial charge in [-0.3, -0.25) is 0 Å². The van der Waals surface area contributed by atoms with Gasteiger partial charge in [-0.05, 0) is 24.8 Å². The largest absolute Gasteiger partial charge is 0.475 e. The maximum atomic E-state index is 10.8. The molecular weight excluding hydrogens is 250 g/mol. The molecule has 0 fully saturated rings. The maximum Gasteiger partial charge on any atom is 0.373 e. The lowest BCUT2D eigenvalue weighted by molar-refractivity contribution is 0.0662. The first kappa shape index (κ1) is 11.2. The minimum atomic E-state index is -1.12. The number of oxazole rings is 1. The van der Waals surface area contributed by atoms with Crippen molar-refractivity contribution in [2.24, 2.45) is 0 Å². The first-order valence-electron chi connectivity index (χ1n) is 4.45. The van der Waals surface area contributed by atoms with Gasteiger partial charge in [0.05, 0.1) is 10.7 Å². The molecule has 0 aromatic carbocycles. The van der Waals surface area contributed by atoms with Crippen LogP contribution in [0.3, 0.4) is 0 Å². The number of aromatic nitrogens is 1. The Morgan fingerprint density at radius 2 is 2.25 bits per heavy atom. The van der Waals surface area contributed by atoms with Gasteiger partial charge in [0.15, 0.2) is 0 Å². The minimum Gasteiger partial charge on any atom is -0.475 e. The molecule has 2 rings (SSSR count). The molecule has 6 heteroatoms. The SMILES string of the molecule is Cc1csc(-c2nc(C)c(C(=O)O)o2)c1Cl. The molecule has 0 radical (unpaired) electrons. The van der Waals surface area contributed by atoms with Gasteiger partial charge < -0.3 is 9.52 Å². The van der Waals surface area contributed by atoms with Crippen molar-refractivity contribution in [2.75, 3.05) is 0 Å². The summed E-state index contributed by atoms with van der Waals surface area (Å²) in [6.07, 6.45) is 0. The summed E-state index contributed by atoms with van der Waals surface area (Å²) >= 11 is 7.43. The van der Waals surface area contributed by atoms with Crippen LogP contribution in [0.5, 0.6) is 0 Å². The molecular formula is C10H8ClNO3S. The molecule has 0 spiro atoms. The van der Waals surface area contributed by atoms with Crippen molar-refractivity contribution in [1.82, 2.24) is 4.98 Å². The number of carbonyl (C=O) groups is 1. The quantitative estimate of drug-likeness (QED) is 0.896. The van der Waals surface area contributed by atoms with Gasteiger partial charge in [0.25, 0.3) is 0 Å². The molecule has 0 aliphatic carbocycles. The number of aromatic carboxylic acids is 1. The number of thiophene rings is 1. The predicted octanol–water partition coefficient (Wildman–Crippen LogP) is 3.37. The smallest absolute Gasteiger partial charge is 0.373 e. The van der Waals surface area contributed by atoms with Crippen LogP contribution in [0.25, 0.3) is 10.8 Å². The first-order chi connectivity index (χ1) is 7.50. The molecule has 0 saturated heterocycles. The molecule has 4 nitrogen and oxygen atoms in total.